The Morgan fingerprint density at radius 1 is 1.13 bits per heavy atom. The Bertz CT molecular complexity index is 714. The van der Waals surface area contributed by atoms with Crippen LogP contribution in [0.3, 0.4) is 0 Å². The normalized spacial score (nSPS) is 10.0. The first-order chi connectivity index (χ1) is 11.0. The van der Waals surface area contributed by atoms with Crippen molar-refractivity contribution in [2.24, 2.45) is 0 Å². The van der Waals surface area contributed by atoms with Crippen LogP contribution in [0.15, 0.2) is 42.5 Å². The van der Waals surface area contributed by atoms with Crippen molar-refractivity contribution in [2.75, 3.05) is 19.5 Å². The number of hydrogen-bond donors (Lipinski definition) is 2. The standard InChI is InChI=1S/C17H17FN2O3/c1-19-16(21)9-11-3-5-12(6-4-11)20-17(22)14-8-7-13(23-2)10-15(14)18/h3-8,10H,9H2,1-2H3,(H,19,21)(H,20,22). The van der Waals surface area contributed by atoms with E-state index in [4.69, 9.17) is 4.74 Å². The molecule has 0 aliphatic carbocycles. The summed E-state index contributed by atoms with van der Waals surface area (Å²) < 4.78 is 18.7. The molecule has 0 aromatic heterocycles. The minimum atomic E-state index is -0.655. The fourth-order valence-corrected chi connectivity index (χ4v) is 1.99. The predicted octanol–water partition coefficient (Wildman–Crippen LogP) is 2.38. The molecule has 2 aromatic carbocycles. The van der Waals surface area contributed by atoms with E-state index in [-0.39, 0.29) is 17.9 Å². The molecule has 0 bridgehead atoms. The van der Waals surface area contributed by atoms with Gasteiger partial charge in [-0.1, -0.05) is 12.1 Å². The van der Waals surface area contributed by atoms with Crippen LogP contribution in [0.25, 0.3) is 0 Å². The van der Waals surface area contributed by atoms with Crippen molar-refractivity contribution >= 4 is 17.5 Å². The van der Waals surface area contributed by atoms with Crippen molar-refractivity contribution in [3.63, 3.8) is 0 Å². The van der Waals surface area contributed by atoms with Gasteiger partial charge >= 0.3 is 0 Å². The second-order valence-corrected chi connectivity index (χ2v) is 4.85. The first-order valence-corrected chi connectivity index (χ1v) is 6.98. The number of nitrogens with one attached hydrogen (secondary N) is 2. The maximum Gasteiger partial charge on any atom is 0.258 e. The summed E-state index contributed by atoms with van der Waals surface area (Å²) in [4.78, 5) is 23.4. The number of halogens is 1. The second kappa shape index (κ2) is 7.40. The number of carbonyl (C=O) groups is 2. The van der Waals surface area contributed by atoms with E-state index in [1.165, 1.54) is 19.2 Å². The number of benzene rings is 2. The van der Waals surface area contributed by atoms with E-state index in [2.05, 4.69) is 10.6 Å². The van der Waals surface area contributed by atoms with Crippen molar-refractivity contribution in [3.8, 4) is 5.75 Å². The molecule has 5 nitrogen and oxygen atoms in total. The molecule has 0 fully saturated rings. The van der Waals surface area contributed by atoms with Gasteiger partial charge in [-0.3, -0.25) is 9.59 Å². The average molecular weight is 316 g/mol. The molecular formula is C17H17FN2O3. The second-order valence-electron chi connectivity index (χ2n) is 4.85. The molecular weight excluding hydrogens is 299 g/mol. The lowest BCUT2D eigenvalue weighted by Crippen LogP contribution is -2.19. The van der Waals surface area contributed by atoms with E-state index in [9.17, 15) is 14.0 Å². The van der Waals surface area contributed by atoms with Gasteiger partial charge in [0, 0.05) is 18.8 Å². The maximum atomic E-state index is 13.9. The van der Waals surface area contributed by atoms with Crippen LogP contribution in [0.2, 0.25) is 0 Å². The number of hydrogen-bond acceptors (Lipinski definition) is 3. The topological polar surface area (TPSA) is 67.4 Å². The van der Waals surface area contributed by atoms with Crippen LogP contribution in [0.1, 0.15) is 15.9 Å². The maximum absolute atomic E-state index is 13.9. The molecule has 0 aliphatic heterocycles. The van der Waals surface area contributed by atoms with Gasteiger partial charge in [-0.2, -0.15) is 0 Å². The minimum Gasteiger partial charge on any atom is -0.497 e. The highest BCUT2D eigenvalue weighted by Crippen LogP contribution is 2.18. The van der Waals surface area contributed by atoms with E-state index >= 15 is 0 Å². The summed E-state index contributed by atoms with van der Waals surface area (Å²) in [6.45, 7) is 0. The summed E-state index contributed by atoms with van der Waals surface area (Å²) in [5.41, 5.74) is 1.27. The first-order valence-electron chi connectivity index (χ1n) is 6.98. The van der Waals surface area contributed by atoms with Gasteiger partial charge in [0.25, 0.3) is 5.91 Å². The minimum absolute atomic E-state index is 0.0692. The monoisotopic (exact) mass is 316 g/mol. The zero-order valence-corrected chi connectivity index (χ0v) is 12.9. The van der Waals surface area contributed by atoms with Crippen molar-refractivity contribution in [2.45, 2.75) is 6.42 Å². The number of ether oxygens (including phenoxy) is 1. The van der Waals surface area contributed by atoms with Crippen molar-refractivity contribution < 1.29 is 18.7 Å². The zero-order chi connectivity index (χ0) is 16.8. The van der Waals surface area contributed by atoms with Gasteiger partial charge in [-0.05, 0) is 29.8 Å². The van der Waals surface area contributed by atoms with Gasteiger partial charge in [0.2, 0.25) is 5.91 Å². The summed E-state index contributed by atoms with van der Waals surface area (Å²) in [6.07, 6.45) is 0.262. The Kier molecular flexibility index (Phi) is 5.30. The molecule has 0 spiro atoms. The van der Waals surface area contributed by atoms with Crippen molar-refractivity contribution in [1.82, 2.24) is 5.32 Å². The Hall–Kier alpha value is -2.89. The molecule has 0 radical (unpaired) electrons. The highest BCUT2D eigenvalue weighted by Gasteiger charge is 2.13. The van der Waals surface area contributed by atoms with Crippen LogP contribution in [-0.4, -0.2) is 26.0 Å². The van der Waals surface area contributed by atoms with E-state index in [0.717, 1.165) is 11.6 Å². The summed E-state index contributed by atoms with van der Waals surface area (Å²) in [6, 6.07) is 10.8. The fraction of sp³-hybridized carbons (Fsp3) is 0.176. The van der Waals surface area contributed by atoms with Crippen LogP contribution in [0.5, 0.6) is 5.75 Å². The van der Waals surface area contributed by atoms with Gasteiger partial charge in [-0.25, -0.2) is 4.39 Å². The van der Waals surface area contributed by atoms with Gasteiger partial charge in [0.15, 0.2) is 0 Å². The third-order valence-corrected chi connectivity index (χ3v) is 3.28. The number of amides is 2. The molecule has 2 aromatic rings. The summed E-state index contributed by atoms with van der Waals surface area (Å²) in [5.74, 6) is -0.956. The largest absolute Gasteiger partial charge is 0.497 e. The Morgan fingerprint density at radius 3 is 2.39 bits per heavy atom. The molecule has 0 aliphatic rings. The zero-order valence-electron chi connectivity index (χ0n) is 12.9. The third-order valence-electron chi connectivity index (χ3n) is 3.28. The molecule has 23 heavy (non-hydrogen) atoms. The van der Waals surface area contributed by atoms with Crippen LogP contribution in [0.4, 0.5) is 10.1 Å². The highest BCUT2D eigenvalue weighted by atomic mass is 19.1. The van der Waals surface area contributed by atoms with Gasteiger partial charge in [-0.15, -0.1) is 0 Å². The predicted molar refractivity (Wildman–Crippen MR) is 85.1 cm³/mol. The van der Waals surface area contributed by atoms with Gasteiger partial charge < -0.3 is 15.4 Å². The Morgan fingerprint density at radius 2 is 1.83 bits per heavy atom. The van der Waals surface area contributed by atoms with Gasteiger partial charge in [0.05, 0.1) is 19.1 Å². The fourth-order valence-electron chi connectivity index (χ4n) is 1.99. The van der Waals surface area contributed by atoms with Crippen LogP contribution >= 0.6 is 0 Å². The average Bonchev–Trinajstić information content (AvgIpc) is 2.56. The van der Waals surface area contributed by atoms with E-state index in [1.807, 2.05) is 0 Å². The molecule has 0 heterocycles. The molecule has 0 unspecified atom stereocenters. The first kappa shape index (κ1) is 16.5. The molecule has 2 N–H and O–H groups in total. The lowest BCUT2D eigenvalue weighted by atomic mass is 10.1. The number of carbonyl (C=O) groups excluding carboxylic acids is 2. The quantitative estimate of drug-likeness (QED) is 0.890. The van der Waals surface area contributed by atoms with E-state index in [1.54, 1.807) is 31.3 Å². The highest BCUT2D eigenvalue weighted by molar-refractivity contribution is 6.04. The Labute approximate surface area is 133 Å². The summed E-state index contributed by atoms with van der Waals surface area (Å²) in [7, 11) is 3.00. The van der Waals surface area contributed by atoms with E-state index < -0.39 is 11.7 Å². The molecule has 6 heteroatoms. The molecule has 2 rings (SSSR count). The number of rotatable bonds is 5. The lowest BCUT2D eigenvalue weighted by Gasteiger charge is -2.08. The SMILES string of the molecule is CNC(=O)Cc1ccc(NC(=O)c2ccc(OC)cc2F)cc1. The molecule has 0 atom stereocenters. The number of anilines is 1. The van der Waals surface area contributed by atoms with Crippen LogP contribution in [-0.2, 0) is 11.2 Å². The summed E-state index contributed by atoms with van der Waals surface area (Å²) in [5, 5.41) is 5.15. The molecule has 2 amide bonds. The molecule has 0 saturated carbocycles. The smallest absolute Gasteiger partial charge is 0.258 e. The number of likely N-dealkylation sites (N-methyl/N-ethyl adjacent to an activating group) is 1. The Balaban J connectivity index is 2.07. The summed E-state index contributed by atoms with van der Waals surface area (Å²) >= 11 is 0. The van der Waals surface area contributed by atoms with E-state index in [0.29, 0.717) is 11.4 Å². The van der Waals surface area contributed by atoms with Crippen LogP contribution in [0, 0.1) is 5.82 Å². The lowest BCUT2D eigenvalue weighted by molar-refractivity contribution is -0.119. The molecule has 120 valence electrons. The van der Waals surface area contributed by atoms with Crippen molar-refractivity contribution in [1.29, 1.82) is 0 Å². The van der Waals surface area contributed by atoms with Crippen LogP contribution < -0.4 is 15.4 Å². The third kappa shape index (κ3) is 4.29. The molecule has 0 saturated heterocycles. The van der Waals surface area contributed by atoms with Crippen molar-refractivity contribution in [3.05, 3.63) is 59.4 Å². The number of methoxy groups -OCH3 is 1. The van der Waals surface area contributed by atoms with Gasteiger partial charge in [0.1, 0.15) is 11.6 Å².